The molecule has 4 bridgehead atoms. The first kappa shape index (κ1) is 26.4. The van der Waals surface area contributed by atoms with E-state index in [-0.39, 0.29) is 40.7 Å². The number of sulfonamides is 1. The zero-order chi connectivity index (χ0) is 27.4. The molecule has 0 unspecified atom stereocenters. The molecule has 1 aliphatic rings. The van der Waals surface area contributed by atoms with Gasteiger partial charge in [0.05, 0.1) is 17.2 Å². The van der Waals surface area contributed by atoms with Crippen LogP contribution in [0.15, 0.2) is 83.8 Å². The van der Waals surface area contributed by atoms with Crippen molar-refractivity contribution in [2.75, 3.05) is 17.9 Å². The molecule has 9 heteroatoms. The van der Waals surface area contributed by atoms with Crippen LogP contribution in [0.2, 0.25) is 0 Å². The number of hydrogen-bond donors (Lipinski definition) is 2. The third kappa shape index (κ3) is 6.26. The van der Waals surface area contributed by atoms with Gasteiger partial charge < -0.3 is 10.1 Å². The Morgan fingerprint density at radius 1 is 0.923 bits per heavy atom. The van der Waals surface area contributed by atoms with Gasteiger partial charge in [0.25, 0.3) is 15.9 Å². The number of aryl methyl sites for hydroxylation is 3. The third-order valence-corrected chi connectivity index (χ3v) is 8.10. The lowest BCUT2D eigenvalue weighted by Gasteiger charge is -2.20. The van der Waals surface area contributed by atoms with Gasteiger partial charge in [-0.15, -0.1) is 0 Å². The summed E-state index contributed by atoms with van der Waals surface area (Å²) in [5.74, 6) is -0.208. The average Bonchev–Trinajstić information content (AvgIpc) is 2.92. The molecular weight excluding hydrogens is 512 g/mol. The van der Waals surface area contributed by atoms with E-state index in [4.69, 9.17) is 4.74 Å². The monoisotopic (exact) mass is 542 g/mol. The number of aromatic nitrogens is 2. The quantitative estimate of drug-likeness (QED) is 0.378. The van der Waals surface area contributed by atoms with E-state index in [1.165, 1.54) is 17.7 Å². The van der Waals surface area contributed by atoms with Crippen LogP contribution in [0.25, 0.3) is 11.3 Å². The fourth-order valence-electron chi connectivity index (χ4n) is 4.68. The zero-order valence-electron chi connectivity index (χ0n) is 21.8. The number of ether oxygens (including phenoxy) is 1. The van der Waals surface area contributed by atoms with Crippen LogP contribution in [-0.4, -0.2) is 37.4 Å². The van der Waals surface area contributed by atoms with Gasteiger partial charge in [-0.05, 0) is 61.6 Å². The van der Waals surface area contributed by atoms with Crippen LogP contribution >= 0.6 is 0 Å². The third-order valence-electron chi connectivity index (χ3n) is 6.77. The summed E-state index contributed by atoms with van der Waals surface area (Å²) in [6.07, 6.45) is 1.60. The average molecular weight is 543 g/mol. The van der Waals surface area contributed by atoms with Crippen LogP contribution < -0.4 is 14.8 Å². The lowest BCUT2D eigenvalue weighted by atomic mass is 9.99. The standard InChI is InChI=1S/C30H30N4O4S/c1-20-8-6-9-21(2)28(20)26-17-27-33-30(32-26)34-39(36,37)25-13-7-12-24(16-25)29(35)31-18-23(19-38-27)15-14-22-10-4-3-5-11-22/h3-13,16-17,23H,14-15,18-19H2,1-2H3,(H,31,35)(H,32,33,34)/t23-/m0/s1. The molecule has 200 valence electrons. The van der Waals surface area contributed by atoms with E-state index in [1.807, 2.05) is 50.2 Å². The van der Waals surface area contributed by atoms with E-state index in [9.17, 15) is 13.2 Å². The van der Waals surface area contributed by atoms with E-state index in [0.29, 0.717) is 12.2 Å². The molecule has 0 saturated heterocycles. The van der Waals surface area contributed by atoms with E-state index < -0.39 is 10.0 Å². The topological polar surface area (TPSA) is 110 Å². The molecule has 2 heterocycles. The highest BCUT2D eigenvalue weighted by Gasteiger charge is 2.22. The molecule has 3 aromatic carbocycles. The van der Waals surface area contributed by atoms with Crippen LogP contribution in [0.1, 0.15) is 33.5 Å². The Morgan fingerprint density at radius 2 is 1.67 bits per heavy atom. The van der Waals surface area contributed by atoms with E-state index in [2.05, 4.69) is 32.1 Å². The number of fused-ring (bicyclic) bond motifs is 4. The molecule has 1 atom stereocenters. The summed E-state index contributed by atoms with van der Waals surface area (Å²) < 4.78 is 35.1. The van der Waals surface area contributed by atoms with Crippen LogP contribution in [0, 0.1) is 19.8 Å². The fraction of sp³-hybridized carbons (Fsp3) is 0.233. The number of anilines is 1. The fourth-order valence-corrected chi connectivity index (χ4v) is 5.67. The highest BCUT2D eigenvalue weighted by molar-refractivity contribution is 7.92. The Hall–Kier alpha value is -4.24. The predicted molar refractivity (Wildman–Crippen MR) is 150 cm³/mol. The minimum atomic E-state index is -4.07. The van der Waals surface area contributed by atoms with Gasteiger partial charge in [-0.3, -0.25) is 4.79 Å². The van der Waals surface area contributed by atoms with Crippen LogP contribution in [-0.2, 0) is 16.4 Å². The molecule has 1 aliphatic heterocycles. The predicted octanol–water partition coefficient (Wildman–Crippen LogP) is 4.93. The maximum atomic E-state index is 13.2. The van der Waals surface area contributed by atoms with Crippen molar-refractivity contribution in [2.45, 2.75) is 31.6 Å². The number of carbonyl (C=O) groups excluding carboxylic acids is 1. The van der Waals surface area contributed by atoms with Crippen molar-refractivity contribution in [3.05, 3.63) is 101 Å². The molecule has 0 spiro atoms. The van der Waals surface area contributed by atoms with Gasteiger partial charge in [0.15, 0.2) is 0 Å². The van der Waals surface area contributed by atoms with Crippen molar-refractivity contribution >= 4 is 21.9 Å². The molecule has 1 amide bonds. The number of amides is 1. The Labute approximate surface area is 228 Å². The van der Waals surface area contributed by atoms with Crippen molar-refractivity contribution in [2.24, 2.45) is 5.92 Å². The van der Waals surface area contributed by atoms with E-state index in [0.717, 1.165) is 29.5 Å². The summed E-state index contributed by atoms with van der Waals surface area (Å²) >= 11 is 0. The molecular formula is C30H30N4O4S. The lowest BCUT2D eigenvalue weighted by molar-refractivity contribution is 0.0940. The summed E-state index contributed by atoms with van der Waals surface area (Å²) in [6.45, 7) is 4.61. The second kappa shape index (κ2) is 11.2. The number of carbonyl (C=O) groups is 1. The molecule has 5 rings (SSSR count). The van der Waals surface area contributed by atoms with Gasteiger partial charge >= 0.3 is 0 Å². The first-order valence-electron chi connectivity index (χ1n) is 12.8. The normalized spacial score (nSPS) is 16.8. The number of rotatable bonds is 4. The SMILES string of the molecule is Cc1cccc(C)c1-c1cc2nc(n1)NS(=O)(=O)c1cccc(c1)C(=O)NC[C@H](CCc1ccccc1)CO2. The summed E-state index contributed by atoms with van der Waals surface area (Å²) in [5.41, 5.74) is 4.90. The van der Waals surface area contributed by atoms with Crippen molar-refractivity contribution < 1.29 is 17.9 Å². The van der Waals surface area contributed by atoms with E-state index in [1.54, 1.807) is 18.2 Å². The van der Waals surface area contributed by atoms with Gasteiger partial charge in [0.1, 0.15) is 0 Å². The minimum absolute atomic E-state index is 0.0148. The second-order valence-electron chi connectivity index (χ2n) is 9.73. The number of hydrogen-bond acceptors (Lipinski definition) is 6. The molecule has 8 nitrogen and oxygen atoms in total. The van der Waals surface area contributed by atoms with Crippen LogP contribution in [0.5, 0.6) is 5.88 Å². The summed E-state index contributed by atoms with van der Waals surface area (Å²) in [6, 6.07) is 23.7. The highest BCUT2D eigenvalue weighted by Crippen LogP contribution is 2.30. The van der Waals surface area contributed by atoms with Crippen molar-refractivity contribution in [3.8, 4) is 17.1 Å². The molecule has 4 aromatic rings. The molecule has 2 N–H and O–H groups in total. The molecule has 1 aromatic heterocycles. The number of nitrogens with one attached hydrogen (secondary N) is 2. The van der Waals surface area contributed by atoms with Gasteiger partial charge in [-0.2, -0.15) is 4.98 Å². The summed E-state index contributed by atoms with van der Waals surface area (Å²) in [4.78, 5) is 21.8. The van der Waals surface area contributed by atoms with Crippen LogP contribution in [0.3, 0.4) is 0 Å². The van der Waals surface area contributed by atoms with Gasteiger partial charge in [0, 0.05) is 29.7 Å². The Balaban J connectivity index is 1.54. The molecule has 0 saturated carbocycles. The lowest BCUT2D eigenvalue weighted by Crippen LogP contribution is -2.32. The van der Waals surface area contributed by atoms with Gasteiger partial charge in [0.2, 0.25) is 11.8 Å². The maximum Gasteiger partial charge on any atom is 0.264 e. The highest BCUT2D eigenvalue weighted by atomic mass is 32.2. The summed E-state index contributed by atoms with van der Waals surface area (Å²) in [5, 5.41) is 2.95. The van der Waals surface area contributed by atoms with Crippen molar-refractivity contribution in [1.29, 1.82) is 0 Å². The second-order valence-corrected chi connectivity index (χ2v) is 11.4. The minimum Gasteiger partial charge on any atom is -0.477 e. The Morgan fingerprint density at radius 3 is 2.44 bits per heavy atom. The van der Waals surface area contributed by atoms with Crippen molar-refractivity contribution in [1.82, 2.24) is 15.3 Å². The Kier molecular flexibility index (Phi) is 7.60. The first-order valence-corrected chi connectivity index (χ1v) is 14.3. The molecule has 0 radical (unpaired) electrons. The van der Waals surface area contributed by atoms with Gasteiger partial charge in [-0.25, -0.2) is 18.1 Å². The van der Waals surface area contributed by atoms with E-state index >= 15 is 0 Å². The zero-order valence-corrected chi connectivity index (χ0v) is 22.7. The molecule has 39 heavy (non-hydrogen) atoms. The smallest absolute Gasteiger partial charge is 0.264 e. The first-order chi connectivity index (χ1) is 18.8. The van der Waals surface area contributed by atoms with Crippen molar-refractivity contribution in [3.63, 3.8) is 0 Å². The molecule has 0 aliphatic carbocycles. The molecule has 0 fully saturated rings. The number of benzene rings is 3. The van der Waals surface area contributed by atoms with Gasteiger partial charge in [-0.1, -0.05) is 54.6 Å². The van der Waals surface area contributed by atoms with Crippen LogP contribution in [0.4, 0.5) is 5.95 Å². The maximum absolute atomic E-state index is 13.2. The summed E-state index contributed by atoms with van der Waals surface area (Å²) in [7, 11) is -4.07. The Bertz CT molecular complexity index is 1590. The number of nitrogens with zero attached hydrogens (tertiary/aromatic N) is 2. The largest absolute Gasteiger partial charge is 0.477 e.